The third kappa shape index (κ3) is 4.29. The van der Waals surface area contributed by atoms with E-state index >= 15 is 0 Å². The molecule has 0 aliphatic heterocycles. The van der Waals surface area contributed by atoms with Crippen molar-refractivity contribution in [3.8, 4) is 0 Å². The summed E-state index contributed by atoms with van der Waals surface area (Å²) < 4.78 is 13.5. The third-order valence-electron chi connectivity index (χ3n) is 3.96. The van der Waals surface area contributed by atoms with Gasteiger partial charge < -0.3 is 10.0 Å². The molecule has 2 rings (SSSR count). The molecule has 1 aliphatic rings. The first kappa shape index (κ1) is 14.5. The van der Waals surface area contributed by atoms with Gasteiger partial charge in [0.15, 0.2) is 0 Å². The fourth-order valence-electron chi connectivity index (χ4n) is 2.33. The van der Waals surface area contributed by atoms with Crippen molar-refractivity contribution in [1.29, 1.82) is 0 Å². The topological polar surface area (TPSA) is 23.5 Å². The molecule has 2 nitrogen and oxygen atoms in total. The Bertz CT molecular complexity index is 417. The van der Waals surface area contributed by atoms with Crippen LogP contribution in [0.5, 0.6) is 0 Å². The molecular weight excluding hydrogens is 241 g/mol. The van der Waals surface area contributed by atoms with E-state index in [0.29, 0.717) is 17.5 Å². The molecule has 0 amide bonds. The Morgan fingerprint density at radius 1 is 1.42 bits per heavy atom. The van der Waals surface area contributed by atoms with Gasteiger partial charge in [0.25, 0.3) is 0 Å². The number of aliphatic hydroxyl groups is 1. The first-order valence-corrected chi connectivity index (χ1v) is 7.26. The van der Waals surface area contributed by atoms with Crippen LogP contribution in [0, 0.1) is 18.7 Å². The first-order chi connectivity index (χ1) is 9.10. The molecule has 19 heavy (non-hydrogen) atoms. The normalized spacial score (nSPS) is 16.9. The maximum absolute atomic E-state index is 13.5. The number of aryl methyl sites for hydroxylation is 1. The maximum Gasteiger partial charge on any atom is 0.126 e. The van der Waals surface area contributed by atoms with Crippen LogP contribution in [-0.4, -0.2) is 29.6 Å². The third-order valence-corrected chi connectivity index (χ3v) is 3.96. The molecule has 0 heterocycles. The number of hydrogen-bond donors (Lipinski definition) is 1. The maximum atomic E-state index is 13.5. The molecule has 0 bridgehead atoms. The molecule has 0 aromatic heterocycles. The summed E-state index contributed by atoms with van der Waals surface area (Å²) in [6.45, 7) is 6.93. The van der Waals surface area contributed by atoms with Gasteiger partial charge in [0.1, 0.15) is 5.82 Å². The van der Waals surface area contributed by atoms with Crippen LogP contribution < -0.4 is 0 Å². The summed E-state index contributed by atoms with van der Waals surface area (Å²) in [4.78, 5) is 2.38. The molecule has 3 heteroatoms. The summed E-state index contributed by atoms with van der Waals surface area (Å²) in [7, 11) is 0. The van der Waals surface area contributed by atoms with Crippen molar-refractivity contribution in [2.24, 2.45) is 5.92 Å². The van der Waals surface area contributed by atoms with Crippen molar-refractivity contribution in [3.63, 3.8) is 0 Å². The Hall–Kier alpha value is -0.930. The van der Waals surface area contributed by atoms with Gasteiger partial charge in [0.05, 0.1) is 6.10 Å². The summed E-state index contributed by atoms with van der Waals surface area (Å²) >= 11 is 0. The summed E-state index contributed by atoms with van der Waals surface area (Å²) in [5.74, 6) is 0.635. The zero-order chi connectivity index (χ0) is 13.8. The molecule has 1 atom stereocenters. The van der Waals surface area contributed by atoms with Crippen molar-refractivity contribution < 1.29 is 9.50 Å². The highest BCUT2D eigenvalue weighted by Crippen LogP contribution is 2.30. The predicted octanol–water partition coefficient (Wildman–Crippen LogP) is 3.29. The van der Waals surface area contributed by atoms with Crippen LogP contribution in [0.25, 0.3) is 0 Å². The van der Waals surface area contributed by atoms with Crippen LogP contribution >= 0.6 is 0 Å². The smallest absolute Gasteiger partial charge is 0.126 e. The summed E-state index contributed by atoms with van der Waals surface area (Å²) in [5.41, 5.74) is 1.31. The molecule has 1 fully saturated rings. The largest absolute Gasteiger partial charge is 0.388 e. The molecule has 1 unspecified atom stereocenters. The second-order valence-electron chi connectivity index (χ2n) is 5.65. The van der Waals surface area contributed by atoms with Crippen molar-refractivity contribution >= 4 is 0 Å². The molecule has 0 saturated heterocycles. The highest BCUT2D eigenvalue weighted by molar-refractivity contribution is 5.24. The van der Waals surface area contributed by atoms with Crippen molar-refractivity contribution in [3.05, 3.63) is 35.1 Å². The standard InChI is InChI=1S/C16H24FNO/c1-3-18(11-13-5-6-13)9-8-16(19)14-7-4-12(2)15(17)10-14/h4,7,10,13,16,19H,3,5-6,8-9,11H2,1-2H3. The van der Waals surface area contributed by atoms with Crippen molar-refractivity contribution in [1.82, 2.24) is 4.90 Å². The molecule has 1 N–H and O–H groups in total. The minimum absolute atomic E-state index is 0.234. The van der Waals surface area contributed by atoms with E-state index in [9.17, 15) is 9.50 Å². The Morgan fingerprint density at radius 3 is 2.74 bits per heavy atom. The van der Waals surface area contributed by atoms with E-state index in [2.05, 4.69) is 11.8 Å². The van der Waals surface area contributed by atoms with Gasteiger partial charge in [-0.3, -0.25) is 0 Å². The van der Waals surface area contributed by atoms with E-state index in [1.165, 1.54) is 18.9 Å². The molecule has 1 saturated carbocycles. The van der Waals surface area contributed by atoms with Gasteiger partial charge in [-0.15, -0.1) is 0 Å². The Kier molecular flexibility index (Phi) is 4.94. The zero-order valence-electron chi connectivity index (χ0n) is 11.9. The van der Waals surface area contributed by atoms with Crippen LogP contribution in [0.1, 0.15) is 43.4 Å². The van der Waals surface area contributed by atoms with Gasteiger partial charge in [-0.2, -0.15) is 0 Å². The van der Waals surface area contributed by atoms with Crippen LogP contribution in [0.4, 0.5) is 4.39 Å². The number of nitrogens with zero attached hydrogens (tertiary/aromatic N) is 1. The predicted molar refractivity (Wildman–Crippen MR) is 75.6 cm³/mol. The monoisotopic (exact) mass is 265 g/mol. The van der Waals surface area contributed by atoms with Crippen LogP contribution in [0.15, 0.2) is 18.2 Å². The van der Waals surface area contributed by atoms with Gasteiger partial charge >= 0.3 is 0 Å². The van der Waals surface area contributed by atoms with Gasteiger partial charge in [0, 0.05) is 13.1 Å². The molecule has 106 valence electrons. The summed E-state index contributed by atoms with van der Waals surface area (Å²) in [6, 6.07) is 5.01. The van der Waals surface area contributed by atoms with Crippen LogP contribution in [-0.2, 0) is 0 Å². The molecule has 1 aromatic rings. The van der Waals surface area contributed by atoms with Crippen LogP contribution in [0.2, 0.25) is 0 Å². The highest BCUT2D eigenvalue weighted by Gasteiger charge is 2.23. The second kappa shape index (κ2) is 6.49. The van der Waals surface area contributed by atoms with E-state index in [4.69, 9.17) is 0 Å². The van der Waals surface area contributed by atoms with E-state index in [1.54, 1.807) is 13.0 Å². The van der Waals surface area contributed by atoms with E-state index < -0.39 is 6.10 Å². The lowest BCUT2D eigenvalue weighted by atomic mass is 10.0. The van der Waals surface area contributed by atoms with Gasteiger partial charge in [-0.25, -0.2) is 4.39 Å². The summed E-state index contributed by atoms with van der Waals surface area (Å²) in [6.07, 6.45) is 2.80. The molecular formula is C16H24FNO. The highest BCUT2D eigenvalue weighted by atomic mass is 19.1. The molecule has 0 radical (unpaired) electrons. The van der Waals surface area contributed by atoms with Crippen molar-refractivity contribution in [2.75, 3.05) is 19.6 Å². The Labute approximate surface area is 115 Å². The lowest BCUT2D eigenvalue weighted by Crippen LogP contribution is -2.28. The lowest BCUT2D eigenvalue weighted by Gasteiger charge is -2.22. The Balaban J connectivity index is 1.84. The fraction of sp³-hybridized carbons (Fsp3) is 0.625. The molecule has 1 aromatic carbocycles. The molecule has 0 spiro atoms. The van der Waals surface area contributed by atoms with Gasteiger partial charge in [0.2, 0.25) is 0 Å². The molecule has 1 aliphatic carbocycles. The fourth-order valence-corrected chi connectivity index (χ4v) is 2.33. The van der Waals surface area contributed by atoms with Gasteiger partial charge in [-0.05, 0) is 55.8 Å². The average molecular weight is 265 g/mol. The number of hydrogen-bond acceptors (Lipinski definition) is 2. The van der Waals surface area contributed by atoms with Gasteiger partial charge in [-0.1, -0.05) is 19.1 Å². The second-order valence-corrected chi connectivity index (χ2v) is 5.65. The number of rotatable bonds is 7. The first-order valence-electron chi connectivity index (χ1n) is 7.26. The SMILES string of the molecule is CCN(CCC(O)c1ccc(C)c(F)c1)CC1CC1. The Morgan fingerprint density at radius 2 is 2.16 bits per heavy atom. The number of halogens is 1. The zero-order valence-corrected chi connectivity index (χ0v) is 11.9. The van der Waals surface area contributed by atoms with Crippen molar-refractivity contribution in [2.45, 2.75) is 39.2 Å². The van der Waals surface area contributed by atoms with E-state index in [-0.39, 0.29) is 5.82 Å². The lowest BCUT2D eigenvalue weighted by molar-refractivity contribution is 0.141. The van der Waals surface area contributed by atoms with Crippen LogP contribution in [0.3, 0.4) is 0 Å². The number of benzene rings is 1. The minimum atomic E-state index is -0.566. The minimum Gasteiger partial charge on any atom is -0.388 e. The van der Waals surface area contributed by atoms with E-state index in [1.807, 2.05) is 6.07 Å². The summed E-state index contributed by atoms with van der Waals surface area (Å²) in [5, 5.41) is 10.1. The quantitative estimate of drug-likeness (QED) is 0.817. The van der Waals surface area contributed by atoms with E-state index in [0.717, 1.165) is 25.6 Å². The average Bonchev–Trinajstić information content (AvgIpc) is 3.21. The number of aliphatic hydroxyl groups excluding tert-OH is 1.